The lowest BCUT2D eigenvalue weighted by Gasteiger charge is -2.46. The van der Waals surface area contributed by atoms with Gasteiger partial charge in [-0.25, -0.2) is 9.59 Å². The molecule has 0 radical (unpaired) electrons. The van der Waals surface area contributed by atoms with Crippen LogP contribution in [0, 0.1) is 10.8 Å². The van der Waals surface area contributed by atoms with Gasteiger partial charge in [0.1, 0.15) is 13.2 Å². The van der Waals surface area contributed by atoms with Crippen LogP contribution in [0.25, 0.3) is 0 Å². The molecule has 0 spiro atoms. The van der Waals surface area contributed by atoms with Crippen LogP contribution in [0.2, 0.25) is 0 Å². The third-order valence-corrected chi connectivity index (χ3v) is 5.30. The Morgan fingerprint density at radius 3 is 2.23 bits per heavy atom. The summed E-state index contributed by atoms with van der Waals surface area (Å²) in [5, 5.41) is 12.4. The number of hydrogen-bond donors (Lipinski definition) is 4. The fraction of sp³-hybridized carbons (Fsp3) is 0.913. The van der Waals surface area contributed by atoms with Gasteiger partial charge < -0.3 is 30.7 Å². The first-order valence-corrected chi connectivity index (χ1v) is 11.5. The quantitative estimate of drug-likeness (QED) is 0.387. The van der Waals surface area contributed by atoms with Gasteiger partial charge in [-0.2, -0.15) is 0 Å². The Labute approximate surface area is 189 Å². The SMILES string of the molecule is CC(C)NCCOC(=O)NCC1(C)CC(NC(=O)OCCNC(C)(C)C)CC(C)(C)C1. The molecule has 8 nitrogen and oxygen atoms in total. The largest absolute Gasteiger partial charge is 0.448 e. The first kappa shape index (κ1) is 27.5. The van der Waals surface area contributed by atoms with E-state index in [-0.39, 0.29) is 28.5 Å². The second-order valence-electron chi connectivity index (χ2n) is 11.3. The molecule has 0 heterocycles. The standard InChI is InChI=1S/C23H46N4O4/c1-17(2)24-9-11-30-19(28)25-16-23(8)14-18(13-22(6,7)15-23)27-20(29)31-12-10-26-21(3,4)5/h17-18,24,26H,9-16H2,1-8H3,(H,25,28)(H,27,29). The van der Waals surface area contributed by atoms with Crippen LogP contribution in [-0.2, 0) is 9.47 Å². The Balaban J connectivity index is 2.46. The van der Waals surface area contributed by atoms with Crippen LogP contribution in [0.1, 0.15) is 74.7 Å². The summed E-state index contributed by atoms with van der Waals surface area (Å²) in [6, 6.07) is 0.366. The van der Waals surface area contributed by atoms with Crippen LogP contribution >= 0.6 is 0 Å². The highest BCUT2D eigenvalue weighted by atomic mass is 16.6. The number of nitrogens with one attached hydrogen (secondary N) is 4. The molecule has 0 bridgehead atoms. The molecule has 31 heavy (non-hydrogen) atoms. The Morgan fingerprint density at radius 2 is 1.61 bits per heavy atom. The maximum Gasteiger partial charge on any atom is 0.407 e. The molecule has 8 heteroatoms. The molecular weight excluding hydrogens is 396 g/mol. The lowest BCUT2D eigenvalue weighted by molar-refractivity contribution is 0.0624. The molecule has 1 aliphatic carbocycles. The highest BCUT2D eigenvalue weighted by Gasteiger charge is 2.42. The van der Waals surface area contributed by atoms with Crippen molar-refractivity contribution in [3.63, 3.8) is 0 Å². The lowest BCUT2D eigenvalue weighted by Crippen LogP contribution is -2.50. The summed E-state index contributed by atoms with van der Waals surface area (Å²) >= 11 is 0. The summed E-state index contributed by atoms with van der Waals surface area (Å²) in [7, 11) is 0. The van der Waals surface area contributed by atoms with E-state index in [9.17, 15) is 9.59 Å². The summed E-state index contributed by atoms with van der Waals surface area (Å²) in [4.78, 5) is 24.3. The minimum absolute atomic E-state index is 0.00453. The van der Waals surface area contributed by atoms with Crippen LogP contribution in [-0.4, -0.2) is 62.7 Å². The number of carbonyl (C=O) groups excluding carboxylic acids is 2. The van der Waals surface area contributed by atoms with Gasteiger partial charge in [-0.15, -0.1) is 0 Å². The van der Waals surface area contributed by atoms with Crippen molar-refractivity contribution in [2.75, 3.05) is 32.8 Å². The third kappa shape index (κ3) is 12.8. The van der Waals surface area contributed by atoms with E-state index >= 15 is 0 Å². The van der Waals surface area contributed by atoms with Crippen molar-refractivity contribution in [2.45, 2.75) is 92.3 Å². The summed E-state index contributed by atoms with van der Waals surface area (Å²) in [5.74, 6) is 0. The minimum atomic E-state index is -0.398. The van der Waals surface area contributed by atoms with E-state index in [0.29, 0.717) is 38.9 Å². The smallest absolute Gasteiger partial charge is 0.407 e. The summed E-state index contributed by atoms with van der Waals surface area (Å²) in [5.41, 5.74) is -0.0949. The molecule has 2 atom stereocenters. The number of hydrogen-bond acceptors (Lipinski definition) is 6. The maximum atomic E-state index is 12.3. The Hall–Kier alpha value is -1.54. The molecule has 1 saturated carbocycles. The van der Waals surface area contributed by atoms with Gasteiger partial charge in [-0.1, -0.05) is 34.6 Å². The Morgan fingerprint density at radius 1 is 1.00 bits per heavy atom. The molecule has 182 valence electrons. The van der Waals surface area contributed by atoms with E-state index in [0.717, 1.165) is 19.3 Å². The molecule has 0 saturated heterocycles. The monoisotopic (exact) mass is 442 g/mol. The molecule has 4 N–H and O–H groups in total. The van der Waals surface area contributed by atoms with Crippen LogP contribution in [0.5, 0.6) is 0 Å². The summed E-state index contributed by atoms with van der Waals surface area (Å²) < 4.78 is 10.6. The fourth-order valence-corrected chi connectivity index (χ4v) is 4.48. The molecule has 1 fully saturated rings. The lowest BCUT2D eigenvalue weighted by atomic mass is 9.62. The average molecular weight is 443 g/mol. The highest BCUT2D eigenvalue weighted by Crippen LogP contribution is 2.45. The van der Waals surface area contributed by atoms with Crippen LogP contribution in [0.3, 0.4) is 0 Å². The van der Waals surface area contributed by atoms with Gasteiger partial charge in [-0.05, 0) is 50.9 Å². The van der Waals surface area contributed by atoms with Crippen molar-refractivity contribution >= 4 is 12.2 Å². The molecule has 0 aliphatic heterocycles. The molecule has 0 aromatic rings. The zero-order valence-electron chi connectivity index (χ0n) is 20.9. The van der Waals surface area contributed by atoms with Gasteiger partial charge >= 0.3 is 12.2 Å². The number of ether oxygens (including phenoxy) is 2. The van der Waals surface area contributed by atoms with Crippen molar-refractivity contribution < 1.29 is 19.1 Å². The molecule has 0 aromatic heterocycles. The van der Waals surface area contributed by atoms with Crippen LogP contribution in [0.15, 0.2) is 0 Å². The number of alkyl carbamates (subject to hydrolysis) is 2. The van der Waals surface area contributed by atoms with Gasteiger partial charge in [0.25, 0.3) is 0 Å². The Kier molecular flexibility index (Phi) is 10.6. The van der Waals surface area contributed by atoms with Crippen molar-refractivity contribution in [2.24, 2.45) is 10.8 Å². The first-order valence-electron chi connectivity index (χ1n) is 11.5. The second kappa shape index (κ2) is 11.9. The van der Waals surface area contributed by atoms with E-state index in [1.165, 1.54) is 0 Å². The van der Waals surface area contributed by atoms with Crippen LogP contribution < -0.4 is 21.3 Å². The highest BCUT2D eigenvalue weighted by molar-refractivity contribution is 5.68. The van der Waals surface area contributed by atoms with Crippen molar-refractivity contribution in [3.8, 4) is 0 Å². The van der Waals surface area contributed by atoms with Crippen molar-refractivity contribution in [1.82, 2.24) is 21.3 Å². The molecule has 1 rings (SSSR count). The molecule has 2 amide bonds. The maximum absolute atomic E-state index is 12.3. The molecule has 1 aliphatic rings. The van der Waals surface area contributed by atoms with Crippen LogP contribution in [0.4, 0.5) is 9.59 Å². The van der Waals surface area contributed by atoms with E-state index < -0.39 is 6.09 Å². The number of carbonyl (C=O) groups is 2. The number of amides is 2. The topological polar surface area (TPSA) is 101 Å². The van der Waals surface area contributed by atoms with E-state index in [2.05, 4.69) is 76.7 Å². The minimum Gasteiger partial charge on any atom is -0.448 e. The van der Waals surface area contributed by atoms with E-state index in [4.69, 9.17) is 9.47 Å². The first-order chi connectivity index (χ1) is 14.2. The molecule has 2 unspecified atom stereocenters. The second-order valence-corrected chi connectivity index (χ2v) is 11.3. The van der Waals surface area contributed by atoms with Gasteiger partial charge in [0.2, 0.25) is 0 Å². The van der Waals surface area contributed by atoms with Gasteiger partial charge in [0.05, 0.1) is 0 Å². The van der Waals surface area contributed by atoms with E-state index in [1.54, 1.807) is 0 Å². The zero-order chi connectivity index (χ0) is 23.7. The van der Waals surface area contributed by atoms with Crippen molar-refractivity contribution in [1.29, 1.82) is 0 Å². The van der Waals surface area contributed by atoms with Gasteiger partial charge in [-0.3, -0.25) is 0 Å². The predicted octanol–water partition coefficient (Wildman–Crippen LogP) is 3.41. The summed E-state index contributed by atoms with van der Waals surface area (Å²) in [6.45, 7) is 19.3. The summed E-state index contributed by atoms with van der Waals surface area (Å²) in [6.07, 6.45) is 1.83. The van der Waals surface area contributed by atoms with Gasteiger partial charge in [0.15, 0.2) is 0 Å². The molecule has 0 aromatic carbocycles. The fourth-order valence-electron chi connectivity index (χ4n) is 4.48. The third-order valence-electron chi connectivity index (χ3n) is 5.30. The normalized spacial score (nSPS) is 23.3. The molecular formula is C23H46N4O4. The zero-order valence-corrected chi connectivity index (χ0v) is 20.9. The average Bonchev–Trinajstić information content (AvgIpc) is 2.58. The van der Waals surface area contributed by atoms with Gasteiger partial charge in [0, 0.05) is 37.3 Å². The predicted molar refractivity (Wildman–Crippen MR) is 124 cm³/mol. The number of rotatable bonds is 10. The Bertz CT molecular complexity index is 574. The van der Waals surface area contributed by atoms with Crippen molar-refractivity contribution in [3.05, 3.63) is 0 Å². The van der Waals surface area contributed by atoms with E-state index in [1.807, 2.05) is 0 Å².